The quantitative estimate of drug-likeness (QED) is 0.780. The molecule has 0 saturated heterocycles. The molecule has 92 valence electrons. The topological polar surface area (TPSA) is 17.8 Å². The van der Waals surface area contributed by atoms with Gasteiger partial charge >= 0.3 is 0 Å². The Morgan fingerprint density at radius 1 is 1.35 bits per heavy atom. The molecule has 2 nitrogen and oxygen atoms in total. The number of aromatic nitrogens is 2. The highest BCUT2D eigenvalue weighted by Gasteiger charge is 2.14. The van der Waals surface area contributed by atoms with E-state index in [-0.39, 0.29) is 6.54 Å². The summed E-state index contributed by atoms with van der Waals surface area (Å²) in [5, 5.41) is 0.539. The minimum Gasteiger partial charge on any atom is -0.322 e. The van der Waals surface area contributed by atoms with Crippen LogP contribution in [0.3, 0.4) is 0 Å². The molecule has 1 aromatic heterocycles. The summed E-state index contributed by atoms with van der Waals surface area (Å²) in [6.45, 7) is -0.371. The average molecular weight is 279 g/mol. The zero-order chi connectivity index (χ0) is 12.4. The van der Waals surface area contributed by atoms with Crippen molar-refractivity contribution < 1.29 is 8.78 Å². The number of nitrogens with zero attached hydrogens (tertiary/aromatic N) is 2. The third-order valence-electron chi connectivity index (χ3n) is 2.43. The van der Waals surface area contributed by atoms with E-state index in [0.717, 1.165) is 0 Å². The van der Waals surface area contributed by atoms with Gasteiger partial charge in [0, 0.05) is 17.3 Å². The monoisotopic (exact) mass is 278 g/mol. The van der Waals surface area contributed by atoms with Gasteiger partial charge in [-0.1, -0.05) is 11.6 Å². The fourth-order valence-electron chi connectivity index (χ4n) is 1.77. The fourth-order valence-corrected chi connectivity index (χ4v) is 2.11. The molecule has 1 heterocycles. The highest BCUT2D eigenvalue weighted by Crippen LogP contribution is 2.22. The summed E-state index contributed by atoms with van der Waals surface area (Å²) in [5.74, 6) is 0.915. The first-order valence-electron chi connectivity index (χ1n) is 5.10. The number of benzene rings is 1. The molecule has 2 aromatic rings. The van der Waals surface area contributed by atoms with Crippen LogP contribution in [0.1, 0.15) is 5.82 Å². The minimum atomic E-state index is -2.42. The van der Waals surface area contributed by atoms with Crippen LogP contribution in [0.4, 0.5) is 8.78 Å². The first-order valence-corrected chi connectivity index (χ1v) is 6.02. The van der Waals surface area contributed by atoms with Crippen molar-refractivity contribution in [3.8, 4) is 0 Å². The second kappa shape index (κ2) is 5.19. The molecule has 0 N–H and O–H groups in total. The maximum Gasteiger partial charge on any atom is 0.256 e. The number of imidazole rings is 1. The van der Waals surface area contributed by atoms with Crippen LogP contribution in [-0.2, 0) is 13.0 Å². The Bertz CT molecular complexity index is 525. The lowest BCUT2D eigenvalue weighted by atomic mass is 10.3. The number of halogens is 4. The largest absolute Gasteiger partial charge is 0.322 e. The molecule has 0 fully saturated rings. The average Bonchev–Trinajstić information content (AvgIpc) is 2.56. The van der Waals surface area contributed by atoms with Crippen LogP contribution in [-0.4, -0.2) is 21.9 Å². The van der Waals surface area contributed by atoms with Crippen molar-refractivity contribution in [3.63, 3.8) is 0 Å². The van der Waals surface area contributed by atoms with Crippen molar-refractivity contribution in [3.05, 3.63) is 29.0 Å². The second-order valence-corrected chi connectivity index (χ2v) is 4.42. The predicted molar refractivity (Wildman–Crippen MR) is 65.2 cm³/mol. The van der Waals surface area contributed by atoms with E-state index in [9.17, 15) is 8.78 Å². The molecule has 0 bridgehead atoms. The van der Waals surface area contributed by atoms with E-state index in [0.29, 0.717) is 34.2 Å². The minimum absolute atomic E-state index is 0.348. The van der Waals surface area contributed by atoms with Gasteiger partial charge in [-0.25, -0.2) is 13.8 Å². The van der Waals surface area contributed by atoms with Crippen molar-refractivity contribution in [2.75, 3.05) is 5.88 Å². The van der Waals surface area contributed by atoms with E-state index in [1.54, 1.807) is 18.2 Å². The number of aryl methyl sites for hydroxylation is 1. The lowest BCUT2D eigenvalue weighted by Crippen LogP contribution is -2.10. The van der Waals surface area contributed by atoms with Gasteiger partial charge in [0.15, 0.2) is 0 Å². The van der Waals surface area contributed by atoms with Crippen LogP contribution in [0, 0.1) is 0 Å². The third-order valence-corrected chi connectivity index (χ3v) is 2.85. The number of hydrogen-bond acceptors (Lipinski definition) is 1. The Kier molecular flexibility index (Phi) is 3.84. The number of fused-ring (bicyclic) bond motifs is 1. The van der Waals surface area contributed by atoms with Crippen molar-refractivity contribution in [1.82, 2.24) is 9.55 Å². The standard InChI is InChI=1S/C11H10Cl2F2N2/c12-4-3-11-16-8-5-7(13)1-2-9(8)17(11)6-10(14)15/h1-2,5,10H,3-4,6H2. The molecule has 0 radical (unpaired) electrons. The molecule has 0 unspecified atom stereocenters. The molecular formula is C11H10Cl2F2N2. The van der Waals surface area contributed by atoms with E-state index in [1.165, 1.54) is 4.57 Å². The predicted octanol–water partition coefficient (Wildman–Crippen LogP) is 3.74. The van der Waals surface area contributed by atoms with Crippen LogP contribution in [0.5, 0.6) is 0 Å². The zero-order valence-electron chi connectivity index (χ0n) is 8.84. The molecule has 2 rings (SSSR count). The molecule has 0 aliphatic rings. The number of hydrogen-bond donors (Lipinski definition) is 0. The molecule has 17 heavy (non-hydrogen) atoms. The Labute approximate surface area is 107 Å². The summed E-state index contributed by atoms with van der Waals surface area (Å²) in [5.41, 5.74) is 1.29. The molecule has 6 heteroatoms. The van der Waals surface area contributed by atoms with Crippen LogP contribution < -0.4 is 0 Å². The molecular weight excluding hydrogens is 269 g/mol. The van der Waals surface area contributed by atoms with E-state index >= 15 is 0 Å². The van der Waals surface area contributed by atoms with Crippen LogP contribution in [0.25, 0.3) is 11.0 Å². The molecule has 0 amide bonds. The van der Waals surface area contributed by atoms with Gasteiger partial charge in [0.25, 0.3) is 6.43 Å². The lowest BCUT2D eigenvalue weighted by Gasteiger charge is -2.07. The first-order chi connectivity index (χ1) is 8.11. The number of alkyl halides is 3. The van der Waals surface area contributed by atoms with Crippen LogP contribution in [0.15, 0.2) is 18.2 Å². The van der Waals surface area contributed by atoms with Crippen LogP contribution >= 0.6 is 23.2 Å². The number of rotatable bonds is 4. The first kappa shape index (κ1) is 12.6. The summed E-state index contributed by atoms with van der Waals surface area (Å²) < 4.78 is 26.5. The molecule has 0 atom stereocenters. The second-order valence-electron chi connectivity index (χ2n) is 3.60. The molecule has 0 aliphatic carbocycles. The van der Waals surface area contributed by atoms with Crippen molar-refractivity contribution >= 4 is 34.2 Å². The van der Waals surface area contributed by atoms with E-state index in [2.05, 4.69) is 4.98 Å². The third kappa shape index (κ3) is 2.69. The Hall–Kier alpha value is -0.870. The van der Waals surface area contributed by atoms with Crippen molar-refractivity contribution in [2.24, 2.45) is 0 Å². The van der Waals surface area contributed by atoms with Gasteiger partial charge in [-0.15, -0.1) is 11.6 Å². The SMILES string of the molecule is FC(F)Cn1c(CCCl)nc2cc(Cl)ccc21. The maximum absolute atomic E-state index is 12.5. The van der Waals surface area contributed by atoms with E-state index in [1.807, 2.05) is 0 Å². The summed E-state index contributed by atoms with van der Waals surface area (Å²) in [6, 6.07) is 5.03. The highest BCUT2D eigenvalue weighted by molar-refractivity contribution is 6.31. The Morgan fingerprint density at radius 2 is 2.12 bits per heavy atom. The Morgan fingerprint density at radius 3 is 2.76 bits per heavy atom. The van der Waals surface area contributed by atoms with Gasteiger partial charge in [-0.05, 0) is 18.2 Å². The zero-order valence-corrected chi connectivity index (χ0v) is 10.3. The van der Waals surface area contributed by atoms with Crippen LogP contribution in [0.2, 0.25) is 5.02 Å². The summed E-state index contributed by atoms with van der Waals surface area (Å²) in [7, 11) is 0. The Balaban J connectivity index is 2.54. The molecule has 1 aromatic carbocycles. The van der Waals surface area contributed by atoms with Gasteiger partial charge in [-0.2, -0.15) is 0 Å². The van der Waals surface area contributed by atoms with E-state index in [4.69, 9.17) is 23.2 Å². The van der Waals surface area contributed by atoms with Crippen molar-refractivity contribution in [2.45, 2.75) is 19.4 Å². The summed E-state index contributed by atoms with van der Waals surface area (Å²) in [4.78, 5) is 4.28. The fraction of sp³-hybridized carbons (Fsp3) is 0.364. The van der Waals surface area contributed by atoms with Gasteiger partial charge < -0.3 is 4.57 Å². The van der Waals surface area contributed by atoms with E-state index < -0.39 is 6.43 Å². The summed E-state index contributed by atoms with van der Waals surface area (Å²) >= 11 is 11.5. The smallest absolute Gasteiger partial charge is 0.256 e. The van der Waals surface area contributed by atoms with Gasteiger partial charge in [0.2, 0.25) is 0 Å². The molecule has 0 aliphatic heterocycles. The van der Waals surface area contributed by atoms with Gasteiger partial charge in [0.1, 0.15) is 5.82 Å². The van der Waals surface area contributed by atoms with Gasteiger partial charge in [0.05, 0.1) is 17.6 Å². The summed E-state index contributed by atoms with van der Waals surface area (Å²) in [6.07, 6.45) is -1.96. The van der Waals surface area contributed by atoms with Gasteiger partial charge in [-0.3, -0.25) is 0 Å². The molecule has 0 spiro atoms. The normalized spacial score (nSPS) is 11.6. The van der Waals surface area contributed by atoms with Crippen molar-refractivity contribution in [1.29, 1.82) is 0 Å². The highest BCUT2D eigenvalue weighted by atomic mass is 35.5. The molecule has 0 saturated carbocycles. The lowest BCUT2D eigenvalue weighted by molar-refractivity contribution is 0.127. The maximum atomic E-state index is 12.5.